The molecule has 7 heteroatoms. The molecule has 130 valence electrons. The molecule has 1 amide bonds. The van der Waals surface area contributed by atoms with E-state index in [9.17, 15) is 13.2 Å². The normalized spacial score (nSPS) is 11.5. The lowest BCUT2D eigenvalue weighted by Gasteiger charge is -2.19. The molecule has 0 aliphatic heterocycles. The van der Waals surface area contributed by atoms with Crippen molar-refractivity contribution in [1.82, 2.24) is 9.62 Å². The minimum absolute atomic E-state index is 0.110. The van der Waals surface area contributed by atoms with Crippen LogP contribution in [0.2, 0.25) is 0 Å². The fourth-order valence-corrected chi connectivity index (χ4v) is 4.36. The summed E-state index contributed by atoms with van der Waals surface area (Å²) in [5.74, 6) is -0.186. The summed E-state index contributed by atoms with van der Waals surface area (Å²) in [6.45, 7) is 6.35. The molecule has 1 aromatic heterocycles. The number of nitrogens with one attached hydrogen (secondary N) is 1. The number of aryl methyl sites for hydroxylation is 2. The van der Waals surface area contributed by atoms with Crippen LogP contribution >= 0.6 is 11.3 Å². The molecule has 0 bridgehead atoms. The number of carbonyl (C=O) groups excluding carboxylic acids is 1. The fraction of sp³-hybridized carbons (Fsp3) is 0.353. The number of thiophene rings is 1. The maximum absolute atomic E-state index is 12.8. The SMILES string of the molecule is CCNS(=O)(=O)c1ccc(C)c(C(=O)N(C)Cc2sccc2C)c1. The first-order valence-corrected chi connectivity index (χ1v) is 10.0. The van der Waals surface area contributed by atoms with Gasteiger partial charge >= 0.3 is 0 Å². The summed E-state index contributed by atoms with van der Waals surface area (Å²) in [6, 6.07) is 6.66. The third kappa shape index (κ3) is 4.03. The fourth-order valence-electron chi connectivity index (χ4n) is 2.33. The average Bonchev–Trinajstić information content (AvgIpc) is 2.92. The van der Waals surface area contributed by atoms with Gasteiger partial charge < -0.3 is 4.90 Å². The summed E-state index contributed by atoms with van der Waals surface area (Å²) in [5.41, 5.74) is 2.32. The lowest BCUT2D eigenvalue weighted by molar-refractivity contribution is 0.0785. The van der Waals surface area contributed by atoms with Gasteiger partial charge in [0.25, 0.3) is 5.91 Å². The van der Waals surface area contributed by atoms with Crippen LogP contribution in [0.5, 0.6) is 0 Å². The Morgan fingerprint density at radius 2 is 1.92 bits per heavy atom. The number of hydrogen-bond acceptors (Lipinski definition) is 4. The van der Waals surface area contributed by atoms with Gasteiger partial charge in [0.15, 0.2) is 0 Å². The number of nitrogens with zero attached hydrogens (tertiary/aromatic N) is 1. The van der Waals surface area contributed by atoms with Crippen LogP contribution in [-0.2, 0) is 16.6 Å². The van der Waals surface area contributed by atoms with Crippen LogP contribution in [0.1, 0.15) is 33.3 Å². The lowest BCUT2D eigenvalue weighted by Crippen LogP contribution is -2.28. The van der Waals surface area contributed by atoms with Gasteiger partial charge in [0, 0.05) is 24.0 Å². The van der Waals surface area contributed by atoms with Crippen molar-refractivity contribution < 1.29 is 13.2 Å². The molecule has 0 aliphatic carbocycles. The van der Waals surface area contributed by atoms with Crippen molar-refractivity contribution in [3.8, 4) is 0 Å². The molecule has 0 atom stereocenters. The molecule has 2 rings (SSSR count). The maximum atomic E-state index is 12.8. The van der Waals surface area contributed by atoms with Crippen molar-refractivity contribution in [2.75, 3.05) is 13.6 Å². The largest absolute Gasteiger partial charge is 0.337 e. The Labute approximate surface area is 147 Å². The van der Waals surface area contributed by atoms with E-state index < -0.39 is 10.0 Å². The summed E-state index contributed by atoms with van der Waals surface area (Å²) in [5, 5.41) is 2.00. The summed E-state index contributed by atoms with van der Waals surface area (Å²) in [6.07, 6.45) is 0. The summed E-state index contributed by atoms with van der Waals surface area (Å²) < 4.78 is 26.8. The highest BCUT2D eigenvalue weighted by molar-refractivity contribution is 7.89. The summed E-state index contributed by atoms with van der Waals surface area (Å²) in [4.78, 5) is 15.6. The Hall–Kier alpha value is -1.70. The van der Waals surface area contributed by atoms with E-state index in [1.807, 2.05) is 18.4 Å². The quantitative estimate of drug-likeness (QED) is 0.855. The van der Waals surface area contributed by atoms with Gasteiger partial charge in [-0.1, -0.05) is 13.0 Å². The van der Waals surface area contributed by atoms with Gasteiger partial charge in [0.1, 0.15) is 0 Å². The van der Waals surface area contributed by atoms with Gasteiger partial charge in [-0.05, 0) is 48.6 Å². The van der Waals surface area contributed by atoms with Gasteiger partial charge in [-0.15, -0.1) is 11.3 Å². The zero-order valence-electron chi connectivity index (χ0n) is 14.3. The summed E-state index contributed by atoms with van der Waals surface area (Å²) >= 11 is 1.61. The number of carbonyl (C=O) groups is 1. The first-order valence-electron chi connectivity index (χ1n) is 7.65. The van der Waals surface area contributed by atoms with E-state index in [0.29, 0.717) is 18.7 Å². The molecule has 0 fully saturated rings. The smallest absolute Gasteiger partial charge is 0.254 e. The zero-order valence-corrected chi connectivity index (χ0v) is 15.9. The van der Waals surface area contributed by atoms with Crippen molar-refractivity contribution in [3.63, 3.8) is 0 Å². The van der Waals surface area contributed by atoms with E-state index in [2.05, 4.69) is 4.72 Å². The van der Waals surface area contributed by atoms with E-state index in [4.69, 9.17) is 0 Å². The van der Waals surface area contributed by atoms with Crippen molar-refractivity contribution in [1.29, 1.82) is 0 Å². The summed E-state index contributed by atoms with van der Waals surface area (Å²) in [7, 11) is -1.86. The number of hydrogen-bond donors (Lipinski definition) is 1. The molecule has 1 N–H and O–H groups in total. The van der Waals surface area contributed by atoms with E-state index in [0.717, 1.165) is 16.0 Å². The Morgan fingerprint density at radius 1 is 1.21 bits per heavy atom. The Kier molecular flexibility index (Phi) is 5.79. The standard InChI is InChI=1S/C17H22N2O3S2/c1-5-18-24(21,22)14-7-6-12(2)15(10-14)17(20)19(4)11-16-13(3)8-9-23-16/h6-10,18H,5,11H2,1-4H3. The lowest BCUT2D eigenvalue weighted by atomic mass is 10.1. The third-order valence-electron chi connectivity index (χ3n) is 3.78. The Balaban J connectivity index is 2.30. The Morgan fingerprint density at radius 3 is 2.50 bits per heavy atom. The monoisotopic (exact) mass is 366 g/mol. The first kappa shape index (κ1) is 18.6. The third-order valence-corrected chi connectivity index (χ3v) is 6.33. The zero-order chi connectivity index (χ0) is 17.9. The molecule has 24 heavy (non-hydrogen) atoms. The molecule has 0 unspecified atom stereocenters. The molecule has 0 spiro atoms. The van der Waals surface area contributed by atoms with Crippen LogP contribution < -0.4 is 4.72 Å². The van der Waals surface area contributed by atoms with Crippen LogP contribution in [0.15, 0.2) is 34.5 Å². The molecule has 0 radical (unpaired) electrons. The topological polar surface area (TPSA) is 66.5 Å². The second-order valence-electron chi connectivity index (χ2n) is 5.67. The number of amides is 1. The van der Waals surface area contributed by atoms with E-state index in [1.165, 1.54) is 12.1 Å². The van der Waals surface area contributed by atoms with Crippen molar-refractivity contribution in [2.24, 2.45) is 0 Å². The first-order chi connectivity index (χ1) is 11.3. The van der Waals surface area contributed by atoms with Gasteiger partial charge in [-0.3, -0.25) is 4.79 Å². The molecular weight excluding hydrogens is 344 g/mol. The molecule has 2 aromatic rings. The van der Waals surface area contributed by atoms with Gasteiger partial charge in [-0.25, -0.2) is 13.1 Å². The van der Waals surface area contributed by atoms with E-state index in [-0.39, 0.29) is 10.8 Å². The van der Waals surface area contributed by atoms with Crippen LogP contribution in [0.25, 0.3) is 0 Å². The van der Waals surface area contributed by atoms with Crippen LogP contribution in [-0.4, -0.2) is 32.8 Å². The van der Waals surface area contributed by atoms with Gasteiger partial charge in [-0.2, -0.15) is 0 Å². The van der Waals surface area contributed by atoms with Crippen molar-refractivity contribution >= 4 is 27.3 Å². The van der Waals surface area contributed by atoms with E-state index >= 15 is 0 Å². The van der Waals surface area contributed by atoms with Crippen LogP contribution in [0, 0.1) is 13.8 Å². The highest BCUT2D eigenvalue weighted by atomic mass is 32.2. The number of rotatable bonds is 6. The molecule has 0 saturated heterocycles. The number of benzene rings is 1. The second-order valence-corrected chi connectivity index (χ2v) is 8.43. The van der Waals surface area contributed by atoms with Crippen molar-refractivity contribution in [2.45, 2.75) is 32.2 Å². The van der Waals surface area contributed by atoms with Gasteiger partial charge in [0.2, 0.25) is 10.0 Å². The highest BCUT2D eigenvalue weighted by Gasteiger charge is 2.20. The Bertz CT molecular complexity index is 841. The predicted molar refractivity (Wildman–Crippen MR) is 96.9 cm³/mol. The predicted octanol–water partition coefficient (Wildman–Crippen LogP) is 2.94. The molecule has 5 nitrogen and oxygen atoms in total. The maximum Gasteiger partial charge on any atom is 0.254 e. The minimum Gasteiger partial charge on any atom is -0.337 e. The van der Waals surface area contributed by atoms with Gasteiger partial charge in [0.05, 0.1) is 11.4 Å². The molecule has 1 heterocycles. The molecule has 0 saturated carbocycles. The molecular formula is C17H22N2O3S2. The molecule has 0 aliphatic rings. The van der Waals surface area contributed by atoms with Crippen molar-refractivity contribution in [3.05, 3.63) is 51.2 Å². The highest BCUT2D eigenvalue weighted by Crippen LogP contribution is 2.21. The van der Waals surface area contributed by atoms with E-state index in [1.54, 1.807) is 43.2 Å². The average molecular weight is 367 g/mol. The second kappa shape index (κ2) is 7.46. The van der Waals surface area contributed by atoms with Crippen LogP contribution in [0.3, 0.4) is 0 Å². The number of sulfonamides is 1. The minimum atomic E-state index is -3.58. The molecule has 1 aromatic carbocycles. The van der Waals surface area contributed by atoms with Crippen LogP contribution in [0.4, 0.5) is 0 Å².